The van der Waals surface area contributed by atoms with Gasteiger partial charge in [-0.25, -0.2) is 0 Å². The lowest BCUT2D eigenvalue weighted by atomic mass is 10.2. The molecule has 1 amide bonds. The van der Waals surface area contributed by atoms with Gasteiger partial charge in [0.05, 0.1) is 5.56 Å². The minimum absolute atomic E-state index is 0.195. The van der Waals surface area contributed by atoms with Crippen LogP contribution < -0.4 is 10.1 Å². The first-order valence-electron chi connectivity index (χ1n) is 8.06. The van der Waals surface area contributed by atoms with E-state index in [0.29, 0.717) is 11.3 Å². The van der Waals surface area contributed by atoms with Crippen molar-refractivity contribution in [2.75, 3.05) is 18.4 Å². The summed E-state index contributed by atoms with van der Waals surface area (Å²) in [5.74, 6) is 0.344. The van der Waals surface area contributed by atoms with Gasteiger partial charge in [0.15, 0.2) is 0 Å². The maximum absolute atomic E-state index is 12.6. The van der Waals surface area contributed by atoms with Gasteiger partial charge < -0.3 is 10.1 Å². The molecule has 1 N–H and O–H groups in total. The van der Waals surface area contributed by atoms with E-state index in [-0.39, 0.29) is 5.91 Å². The fourth-order valence-electron chi connectivity index (χ4n) is 2.52. The van der Waals surface area contributed by atoms with Crippen molar-refractivity contribution in [2.45, 2.75) is 25.4 Å². The molecular formula is C19H23BrN2O2. The third kappa shape index (κ3) is 4.58. The number of amides is 1. The molecule has 2 aromatic rings. The fourth-order valence-corrected chi connectivity index (χ4v) is 3.19. The Labute approximate surface area is 151 Å². The van der Waals surface area contributed by atoms with E-state index >= 15 is 0 Å². The van der Waals surface area contributed by atoms with Crippen LogP contribution in [0.15, 0.2) is 54.6 Å². The summed E-state index contributed by atoms with van der Waals surface area (Å²) in [5.41, 5.74) is 1.25. The number of hydrogen-bond acceptors (Lipinski definition) is 3. The molecule has 0 spiro atoms. The molecule has 2 aromatic carbocycles. The highest BCUT2D eigenvalue weighted by atomic mass is 79.9. The zero-order valence-electron chi connectivity index (χ0n) is 14.3. The Morgan fingerprint density at radius 2 is 1.67 bits per heavy atom. The van der Waals surface area contributed by atoms with Crippen molar-refractivity contribution in [3.05, 3.63) is 60.2 Å². The van der Waals surface area contributed by atoms with E-state index in [1.54, 1.807) is 6.07 Å². The Bertz CT molecular complexity index is 670. The molecule has 5 heteroatoms. The van der Waals surface area contributed by atoms with Gasteiger partial charge in [0.25, 0.3) is 5.91 Å². The van der Waals surface area contributed by atoms with Gasteiger partial charge in [0.2, 0.25) is 4.63 Å². The van der Waals surface area contributed by atoms with Crippen LogP contribution in [0, 0.1) is 0 Å². The van der Waals surface area contributed by atoms with Crippen molar-refractivity contribution in [3.63, 3.8) is 0 Å². The van der Waals surface area contributed by atoms with E-state index in [4.69, 9.17) is 4.74 Å². The number of rotatable bonds is 7. The Kier molecular flexibility index (Phi) is 6.40. The molecule has 0 bridgehead atoms. The van der Waals surface area contributed by atoms with E-state index in [9.17, 15) is 4.79 Å². The van der Waals surface area contributed by atoms with Crippen molar-refractivity contribution >= 4 is 27.5 Å². The molecule has 2 rings (SSSR count). The van der Waals surface area contributed by atoms with Crippen LogP contribution in [-0.2, 0) is 0 Å². The highest BCUT2D eigenvalue weighted by Crippen LogP contribution is 2.30. The zero-order chi connectivity index (χ0) is 17.6. The summed E-state index contributed by atoms with van der Waals surface area (Å²) < 4.78 is 5.44. The fraction of sp³-hybridized carbons (Fsp3) is 0.316. The number of carbonyl (C=O) groups is 1. The molecule has 0 aliphatic carbocycles. The predicted molar refractivity (Wildman–Crippen MR) is 102 cm³/mol. The standard InChI is InChI=1S/C19H23BrN2O2/c1-4-22(5-2)19(3,20)24-17-14-10-9-13-16(17)18(23)21-15-11-7-6-8-12-15/h6-14H,4-5H2,1-3H3,(H,21,23). The van der Waals surface area contributed by atoms with Gasteiger partial charge in [-0.1, -0.05) is 44.2 Å². The Morgan fingerprint density at radius 3 is 2.29 bits per heavy atom. The maximum atomic E-state index is 12.6. The Morgan fingerprint density at radius 1 is 1.08 bits per heavy atom. The number of carbonyl (C=O) groups excluding carboxylic acids is 1. The maximum Gasteiger partial charge on any atom is 0.259 e. The van der Waals surface area contributed by atoms with Crippen LogP contribution in [0.2, 0.25) is 0 Å². The Balaban J connectivity index is 2.22. The predicted octanol–water partition coefficient (Wildman–Crippen LogP) is 4.73. The van der Waals surface area contributed by atoms with Crippen molar-refractivity contribution < 1.29 is 9.53 Å². The smallest absolute Gasteiger partial charge is 0.259 e. The third-order valence-electron chi connectivity index (χ3n) is 3.79. The SMILES string of the molecule is CCN(CC)C(C)(Br)Oc1ccccc1C(=O)Nc1ccccc1. The van der Waals surface area contributed by atoms with Crippen LogP contribution in [0.25, 0.3) is 0 Å². The topological polar surface area (TPSA) is 41.6 Å². The first-order valence-corrected chi connectivity index (χ1v) is 8.85. The van der Waals surface area contributed by atoms with E-state index in [2.05, 4.69) is 40.0 Å². The largest absolute Gasteiger partial charge is 0.462 e. The van der Waals surface area contributed by atoms with Crippen LogP contribution in [0.4, 0.5) is 5.69 Å². The second kappa shape index (κ2) is 8.31. The molecule has 0 saturated carbocycles. The average molecular weight is 391 g/mol. The van der Waals surface area contributed by atoms with Crippen LogP contribution in [0.1, 0.15) is 31.1 Å². The van der Waals surface area contributed by atoms with Crippen molar-refractivity contribution in [3.8, 4) is 5.75 Å². The minimum Gasteiger partial charge on any atom is -0.462 e. The summed E-state index contributed by atoms with van der Waals surface area (Å²) in [6, 6.07) is 16.6. The van der Waals surface area contributed by atoms with Gasteiger partial charge in [-0.3, -0.25) is 9.69 Å². The number of benzene rings is 2. The molecule has 128 valence electrons. The third-order valence-corrected chi connectivity index (χ3v) is 4.45. The average Bonchev–Trinajstić information content (AvgIpc) is 2.56. The zero-order valence-corrected chi connectivity index (χ0v) is 15.8. The molecule has 4 nitrogen and oxygen atoms in total. The van der Waals surface area contributed by atoms with Crippen molar-refractivity contribution in [1.29, 1.82) is 0 Å². The van der Waals surface area contributed by atoms with Crippen LogP contribution in [0.5, 0.6) is 5.75 Å². The van der Waals surface area contributed by atoms with Crippen LogP contribution >= 0.6 is 15.9 Å². The number of anilines is 1. The monoisotopic (exact) mass is 390 g/mol. The summed E-state index contributed by atoms with van der Waals surface area (Å²) in [7, 11) is 0. The molecule has 0 saturated heterocycles. The molecule has 0 aliphatic heterocycles. The highest BCUT2D eigenvalue weighted by Gasteiger charge is 2.30. The van der Waals surface area contributed by atoms with E-state index in [1.807, 2.05) is 55.5 Å². The summed E-state index contributed by atoms with van der Waals surface area (Å²) >= 11 is 3.63. The van der Waals surface area contributed by atoms with Gasteiger partial charge in [0.1, 0.15) is 5.75 Å². The number of para-hydroxylation sites is 2. The van der Waals surface area contributed by atoms with Gasteiger partial charge in [-0.2, -0.15) is 0 Å². The lowest BCUT2D eigenvalue weighted by Gasteiger charge is -2.35. The molecule has 0 heterocycles. The minimum atomic E-state index is -0.681. The quantitative estimate of drug-likeness (QED) is 0.422. The van der Waals surface area contributed by atoms with Crippen molar-refractivity contribution in [1.82, 2.24) is 4.90 Å². The number of ether oxygens (including phenoxy) is 1. The first-order chi connectivity index (χ1) is 11.5. The van der Waals surface area contributed by atoms with Gasteiger partial charge in [-0.05, 0) is 53.3 Å². The lowest BCUT2D eigenvalue weighted by Crippen LogP contribution is -2.45. The van der Waals surface area contributed by atoms with Gasteiger partial charge in [-0.15, -0.1) is 0 Å². The summed E-state index contributed by atoms with van der Waals surface area (Å²) in [6.07, 6.45) is 0. The van der Waals surface area contributed by atoms with Gasteiger partial charge in [0, 0.05) is 12.6 Å². The van der Waals surface area contributed by atoms with Crippen LogP contribution in [-0.4, -0.2) is 28.5 Å². The number of alkyl halides is 1. The molecule has 0 radical (unpaired) electrons. The van der Waals surface area contributed by atoms with E-state index in [0.717, 1.165) is 18.8 Å². The Hall–Kier alpha value is -1.85. The normalized spacial score (nSPS) is 13.4. The number of hydrogen-bond donors (Lipinski definition) is 1. The van der Waals surface area contributed by atoms with E-state index < -0.39 is 4.63 Å². The molecule has 1 atom stereocenters. The summed E-state index contributed by atoms with van der Waals surface area (Å²) in [6.45, 7) is 7.74. The number of nitrogens with zero attached hydrogens (tertiary/aromatic N) is 1. The number of halogens is 1. The highest BCUT2D eigenvalue weighted by molar-refractivity contribution is 9.10. The second-order valence-electron chi connectivity index (χ2n) is 5.46. The molecule has 1 unspecified atom stereocenters. The molecule has 0 aromatic heterocycles. The molecule has 24 heavy (non-hydrogen) atoms. The lowest BCUT2D eigenvalue weighted by molar-refractivity contribution is 0.0214. The second-order valence-corrected chi connectivity index (χ2v) is 6.93. The van der Waals surface area contributed by atoms with Gasteiger partial charge >= 0.3 is 0 Å². The van der Waals surface area contributed by atoms with E-state index in [1.165, 1.54) is 0 Å². The van der Waals surface area contributed by atoms with Crippen LogP contribution in [0.3, 0.4) is 0 Å². The molecule has 0 fully saturated rings. The first kappa shape index (κ1) is 18.5. The summed E-state index contributed by atoms with van der Waals surface area (Å²) in [5, 5.41) is 2.89. The summed E-state index contributed by atoms with van der Waals surface area (Å²) in [4.78, 5) is 14.7. The van der Waals surface area contributed by atoms with Crippen molar-refractivity contribution in [2.24, 2.45) is 0 Å². The number of nitrogens with one attached hydrogen (secondary N) is 1. The molecule has 0 aliphatic rings. The molecular weight excluding hydrogens is 368 g/mol.